The summed E-state index contributed by atoms with van der Waals surface area (Å²) in [5.74, 6) is 0. The number of aromatic nitrogens is 1. The van der Waals surface area contributed by atoms with E-state index >= 15 is 0 Å². The van der Waals surface area contributed by atoms with Crippen LogP contribution in [0.3, 0.4) is 0 Å². The van der Waals surface area contributed by atoms with Crippen LogP contribution in [0.25, 0.3) is 0 Å². The van der Waals surface area contributed by atoms with E-state index in [1.165, 1.54) is 0 Å². The van der Waals surface area contributed by atoms with Crippen LogP contribution < -0.4 is 5.30 Å². The van der Waals surface area contributed by atoms with Crippen LogP contribution in [0.5, 0.6) is 0 Å². The molecule has 0 aliphatic carbocycles. The molecule has 0 radical (unpaired) electrons. The minimum atomic E-state index is -2.13. The van der Waals surface area contributed by atoms with Crippen LogP contribution in [-0.2, 0) is 0 Å². The van der Waals surface area contributed by atoms with Crippen molar-refractivity contribution in [1.29, 1.82) is 0 Å². The third kappa shape index (κ3) is 2.25. The van der Waals surface area contributed by atoms with Crippen LogP contribution in [-0.4, -0.2) is 23.2 Å². The van der Waals surface area contributed by atoms with Gasteiger partial charge in [-0.15, -0.1) is 0 Å². The van der Waals surface area contributed by atoms with Crippen molar-refractivity contribution in [2.75, 3.05) is 13.3 Å². The van der Waals surface area contributed by atoms with Gasteiger partial charge in [0.1, 0.15) is 0 Å². The Hall–Kier alpha value is -0.460. The summed E-state index contributed by atoms with van der Waals surface area (Å²) in [5.41, 5.74) is 1.11. The Morgan fingerprint density at radius 1 is 1.36 bits per heavy atom. The average molecular weight is 171 g/mol. The van der Waals surface area contributed by atoms with Crippen molar-refractivity contribution in [3.05, 3.63) is 24.0 Å². The average Bonchev–Trinajstić information content (AvgIpc) is 1.86. The number of rotatable bonds is 1. The molecule has 0 fully saturated rings. The van der Waals surface area contributed by atoms with Crippen LogP contribution in [0.1, 0.15) is 5.56 Å². The van der Waals surface area contributed by atoms with Crippen LogP contribution in [0, 0.1) is 6.92 Å². The fourth-order valence-electron chi connectivity index (χ4n) is 0.890. The van der Waals surface area contributed by atoms with Crippen molar-refractivity contribution in [2.24, 2.45) is 0 Å². The molecule has 1 rings (SSSR count). The molecule has 1 aromatic heterocycles. The molecule has 0 spiro atoms. The number of nitrogens with zero attached hydrogens (tertiary/aromatic N) is 1. The van der Waals surface area contributed by atoms with Gasteiger partial charge in [-0.1, -0.05) is 0 Å². The molecule has 0 bridgehead atoms. The molecule has 0 aliphatic heterocycles. The third-order valence-electron chi connectivity index (χ3n) is 1.58. The Kier molecular flexibility index (Phi) is 2.26. The fraction of sp³-hybridized carbons (Fsp3) is 0.375. The quantitative estimate of drug-likeness (QED) is 0.638. The number of hydrogen-bond donors (Lipinski definition) is 1. The van der Waals surface area contributed by atoms with Gasteiger partial charge in [-0.25, -0.2) is 0 Å². The fourth-order valence-corrected chi connectivity index (χ4v) is 1.86. The number of aryl methyl sites for hydroxylation is 1. The second-order valence-corrected chi connectivity index (χ2v) is 7.01. The molecule has 0 atom stereocenters. The minimum absolute atomic E-state index is 0.998. The van der Waals surface area contributed by atoms with Gasteiger partial charge in [0.05, 0.1) is 0 Å². The van der Waals surface area contributed by atoms with E-state index in [2.05, 4.69) is 4.98 Å². The van der Waals surface area contributed by atoms with Crippen LogP contribution >= 0.6 is 7.49 Å². The van der Waals surface area contributed by atoms with Gasteiger partial charge in [0.25, 0.3) is 0 Å². The van der Waals surface area contributed by atoms with Crippen molar-refractivity contribution < 1.29 is 4.89 Å². The summed E-state index contributed by atoms with van der Waals surface area (Å²) >= 11 is 0. The van der Waals surface area contributed by atoms with Crippen molar-refractivity contribution >= 4 is 12.8 Å². The van der Waals surface area contributed by atoms with E-state index < -0.39 is 7.49 Å². The second-order valence-electron chi connectivity index (χ2n) is 3.31. The molecule has 0 saturated carbocycles. The van der Waals surface area contributed by atoms with Crippen LogP contribution in [0.4, 0.5) is 0 Å². The van der Waals surface area contributed by atoms with Crippen LogP contribution in [0.15, 0.2) is 18.5 Å². The standard InChI is InChI=1S/C8H14NOP/c1-7-4-8(6-9-5-7)11(2,3)10/h4-6,10-11H,1-3H3. The van der Waals surface area contributed by atoms with Gasteiger partial charge in [0.2, 0.25) is 0 Å². The van der Waals surface area contributed by atoms with E-state index in [0.717, 1.165) is 10.9 Å². The molecule has 0 aromatic carbocycles. The molecule has 2 nitrogen and oxygen atoms in total. The van der Waals surface area contributed by atoms with Gasteiger partial charge in [0, 0.05) is 0 Å². The second kappa shape index (κ2) is 2.88. The summed E-state index contributed by atoms with van der Waals surface area (Å²) < 4.78 is 0. The van der Waals surface area contributed by atoms with Gasteiger partial charge in [-0.2, -0.15) is 0 Å². The van der Waals surface area contributed by atoms with E-state index in [0.29, 0.717) is 0 Å². The van der Waals surface area contributed by atoms with E-state index in [1.54, 1.807) is 12.4 Å². The molecule has 62 valence electrons. The first-order chi connectivity index (χ1) is 5.00. The Balaban J connectivity index is 3.06. The summed E-state index contributed by atoms with van der Waals surface area (Å²) in [4.78, 5) is 13.7. The molecule has 11 heavy (non-hydrogen) atoms. The summed E-state index contributed by atoms with van der Waals surface area (Å²) in [5, 5.41) is 0.998. The van der Waals surface area contributed by atoms with Gasteiger partial charge < -0.3 is 0 Å². The van der Waals surface area contributed by atoms with E-state index in [-0.39, 0.29) is 0 Å². The first-order valence-electron chi connectivity index (χ1n) is 3.64. The molecule has 3 heteroatoms. The normalized spacial score (nSPS) is 13.1. The van der Waals surface area contributed by atoms with E-state index in [9.17, 15) is 4.89 Å². The molecular formula is C8H14NOP. The van der Waals surface area contributed by atoms with Gasteiger partial charge in [-0.05, 0) is 0 Å². The number of hydrogen-bond acceptors (Lipinski definition) is 2. The van der Waals surface area contributed by atoms with Crippen molar-refractivity contribution in [3.63, 3.8) is 0 Å². The predicted molar refractivity (Wildman–Crippen MR) is 51.0 cm³/mol. The predicted octanol–water partition coefficient (Wildman–Crippen LogP) is 0.932. The summed E-state index contributed by atoms with van der Waals surface area (Å²) in [6.07, 6.45) is 3.54. The van der Waals surface area contributed by atoms with Gasteiger partial charge in [-0.3, -0.25) is 0 Å². The van der Waals surface area contributed by atoms with Crippen molar-refractivity contribution in [2.45, 2.75) is 6.92 Å². The first-order valence-corrected chi connectivity index (χ1v) is 6.59. The van der Waals surface area contributed by atoms with E-state index in [1.807, 2.05) is 26.3 Å². The monoisotopic (exact) mass is 171 g/mol. The molecule has 1 heterocycles. The zero-order chi connectivity index (χ0) is 8.48. The van der Waals surface area contributed by atoms with Crippen molar-refractivity contribution in [1.82, 2.24) is 4.98 Å². The molecule has 0 saturated heterocycles. The Labute approximate surface area is 67.7 Å². The molecule has 0 aliphatic rings. The summed E-state index contributed by atoms with van der Waals surface area (Å²) in [6, 6.07) is 2.00. The summed E-state index contributed by atoms with van der Waals surface area (Å²) in [6.45, 7) is 5.77. The van der Waals surface area contributed by atoms with Gasteiger partial charge >= 0.3 is 66.9 Å². The van der Waals surface area contributed by atoms with Crippen LogP contribution in [0.2, 0.25) is 0 Å². The Morgan fingerprint density at radius 2 is 2.00 bits per heavy atom. The van der Waals surface area contributed by atoms with Crippen molar-refractivity contribution in [3.8, 4) is 0 Å². The molecule has 0 unspecified atom stereocenters. The number of pyridine rings is 1. The molecular weight excluding hydrogens is 157 g/mol. The molecule has 1 aromatic rings. The zero-order valence-corrected chi connectivity index (χ0v) is 8.13. The van der Waals surface area contributed by atoms with E-state index in [4.69, 9.17) is 0 Å². The van der Waals surface area contributed by atoms with Gasteiger partial charge in [0.15, 0.2) is 0 Å². The first kappa shape index (κ1) is 8.63. The topological polar surface area (TPSA) is 33.1 Å². The maximum atomic E-state index is 9.71. The third-order valence-corrected chi connectivity index (χ3v) is 3.27. The maximum absolute atomic E-state index is 9.71. The molecule has 1 N–H and O–H groups in total. The summed E-state index contributed by atoms with van der Waals surface area (Å²) in [7, 11) is -2.13. The SMILES string of the molecule is Cc1cncc([PH](C)(C)O)c1. The Bertz CT molecular complexity index is 255. The Morgan fingerprint density at radius 3 is 2.36 bits per heavy atom. The zero-order valence-electron chi connectivity index (χ0n) is 7.13. The molecule has 0 amide bonds.